The summed E-state index contributed by atoms with van der Waals surface area (Å²) in [4.78, 5) is 0. The maximum atomic E-state index is 5.36. The molecule has 0 atom stereocenters. The highest BCUT2D eigenvalue weighted by Gasteiger charge is 2.47. The fourth-order valence-electron chi connectivity index (χ4n) is 10.1. The van der Waals surface area contributed by atoms with E-state index in [4.69, 9.17) is 5.73 Å². The van der Waals surface area contributed by atoms with Crippen molar-refractivity contribution in [2.45, 2.75) is 10.8 Å². The lowest BCUT2D eigenvalue weighted by atomic mass is 9.68. The topological polar surface area (TPSA) is 38.0 Å². The zero-order valence-electron chi connectivity index (χ0n) is 35.9. The fourth-order valence-corrected chi connectivity index (χ4v) is 10.3. The lowest BCUT2D eigenvalue weighted by molar-refractivity contribution is 0.768. The number of hydrogen-bond donors (Lipinski definition) is 2. The van der Waals surface area contributed by atoms with Crippen LogP contribution in [-0.4, -0.2) is 0 Å². The molecule has 0 bridgehead atoms. The summed E-state index contributed by atoms with van der Waals surface area (Å²) >= 11 is 3.59. The summed E-state index contributed by atoms with van der Waals surface area (Å²) in [6, 6.07) is 94.6. The number of para-hydroxylation sites is 2. The van der Waals surface area contributed by atoms with Crippen molar-refractivity contribution >= 4 is 33.0 Å². The van der Waals surface area contributed by atoms with Crippen LogP contribution in [0, 0.1) is 0 Å². The maximum Gasteiger partial charge on any atom is 0.0713 e. The largest absolute Gasteiger partial charge is 0.399 e. The van der Waals surface area contributed by atoms with Crippen molar-refractivity contribution in [3.05, 3.63) is 316 Å². The Labute approximate surface area is 392 Å². The van der Waals surface area contributed by atoms with Crippen molar-refractivity contribution in [3.8, 4) is 22.3 Å². The van der Waals surface area contributed by atoms with Crippen molar-refractivity contribution in [3.63, 3.8) is 0 Å². The van der Waals surface area contributed by atoms with Crippen molar-refractivity contribution < 1.29 is 1.43 Å². The van der Waals surface area contributed by atoms with E-state index in [0.29, 0.717) is 0 Å². The molecule has 0 aliphatic heterocycles. The van der Waals surface area contributed by atoms with Crippen LogP contribution < -0.4 is 11.1 Å². The summed E-state index contributed by atoms with van der Waals surface area (Å²) in [6.45, 7) is 0. The van der Waals surface area contributed by atoms with Gasteiger partial charge in [0.2, 0.25) is 0 Å². The van der Waals surface area contributed by atoms with Gasteiger partial charge in [-0.15, -0.1) is 0 Å². The van der Waals surface area contributed by atoms with Crippen molar-refractivity contribution in [2.24, 2.45) is 0 Å². The van der Waals surface area contributed by atoms with Crippen LogP contribution in [0.3, 0.4) is 0 Å². The highest BCUT2D eigenvalue weighted by atomic mass is 79.9. The molecule has 0 saturated heterocycles. The van der Waals surface area contributed by atoms with Gasteiger partial charge in [0.25, 0.3) is 0 Å². The third-order valence-corrected chi connectivity index (χ3v) is 13.3. The Hall–Kier alpha value is -7.72. The number of nitrogens with one attached hydrogen (secondary N) is 1. The molecular weight excluding hydrogens is 853 g/mol. The minimum Gasteiger partial charge on any atom is -0.399 e. The quantitative estimate of drug-likeness (QED) is 0.163. The van der Waals surface area contributed by atoms with Gasteiger partial charge in [0, 0.05) is 23.0 Å². The van der Waals surface area contributed by atoms with Gasteiger partial charge in [-0.25, -0.2) is 0 Å². The van der Waals surface area contributed by atoms with E-state index in [9.17, 15) is 0 Å². The second-order valence-corrected chi connectivity index (χ2v) is 17.3. The SMILES string of the molecule is Brc1ccc(C2(c3ccccc3)c3ccccc3-c3ccccc32)cc1.Nc1ccccc1.[2HH].c1ccc(Nc2ccc(C3(c4ccccc4)c4ccccc4-c4ccccc43)cc2)cc1. The molecule has 10 aromatic carbocycles. The van der Waals surface area contributed by atoms with E-state index in [1.807, 2.05) is 48.5 Å². The minimum atomic E-state index is -0.334. The summed E-state index contributed by atoms with van der Waals surface area (Å²) in [5, 5.41) is 3.51. The minimum absolute atomic E-state index is 0. The van der Waals surface area contributed by atoms with Gasteiger partial charge in [-0.3, -0.25) is 0 Å². The number of nitrogen functional groups attached to an aromatic ring is 1. The number of hydrogen-bond acceptors (Lipinski definition) is 2. The Morgan fingerprint density at radius 3 is 0.923 bits per heavy atom. The van der Waals surface area contributed by atoms with Gasteiger partial charge in [0.05, 0.1) is 10.8 Å². The lowest BCUT2D eigenvalue weighted by Gasteiger charge is -2.34. The van der Waals surface area contributed by atoms with Gasteiger partial charge in [-0.05, 0) is 115 Å². The molecular formula is C62H49BrN2. The fraction of sp³-hybridized carbons (Fsp3) is 0.0323. The van der Waals surface area contributed by atoms with Crippen LogP contribution in [0.2, 0.25) is 0 Å². The van der Waals surface area contributed by atoms with E-state index in [2.05, 4.69) is 240 Å². The summed E-state index contributed by atoms with van der Waals surface area (Å²) < 4.78 is 1.10. The summed E-state index contributed by atoms with van der Waals surface area (Å²) in [5.74, 6) is 0. The Bertz CT molecular complexity index is 3080. The number of nitrogens with two attached hydrogens (primary N) is 1. The van der Waals surface area contributed by atoms with Crippen LogP contribution in [0.15, 0.2) is 271 Å². The third kappa shape index (κ3) is 7.54. The number of benzene rings is 10. The molecule has 0 fully saturated rings. The van der Waals surface area contributed by atoms with Crippen molar-refractivity contribution in [1.29, 1.82) is 0 Å². The Kier molecular flexibility index (Phi) is 11.5. The van der Waals surface area contributed by atoms with E-state index in [1.54, 1.807) is 0 Å². The monoisotopic (exact) mass is 901 g/mol. The molecule has 0 radical (unpaired) electrons. The molecule has 0 unspecified atom stereocenters. The van der Waals surface area contributed by atoms with Crippen LogP contribution >= 0.6 is 15.9 Å². The molecule has 0 spiro atoms. The Morgan fingerprint density at radius 2 is 0.569 bits per heavy atom. The van der Waals surface area contributed by atoms with Crippen molar-refractivity contribution in [2.75, 3.05) is 11.1 Å². The van der Waals surface area contributed by atoms with Gasteiger partial charge < -0.3 is 11.1 Å². The molecule has 10 aromatic rings. The first-order valence-electron chi connectivity index (χ1n) is 22.1. The number of anilines is 3. The summed E-state index contributed by atoms with van der Waals surface area (Å²) in [5.41, 5.74) is 23.6. The van der Waals surface area contributed by atoms with Crippen molar-refractivity contribution in [1.82, 2.24) is 0 Å². The smallest absolute Gasteiger partial charge is 0.0713 e. The van der Waals surface area contributed by atoms with Crippen LogP contribution in [0.4, 0.5) is 17.1 Å². The van der Waals surface area contributed by atoms with E-state index in [0.717, 1.165) is 21.5 Å². The molecule has 0 heterocycles. The Balaban J connectivity index is 0.000000145. The highest BCUT2D eigenvalue weighted by molar-refractivity contribution is 9.10. The van der Waals surface area contributed by atoms with Crippen LogP contribution in [0.25, 0.3) is 22.3 Å². The predicted octanol–water partition coefficient (Wildman–Crippen LogP) is 16.1. The highest BCUT2D eigenvalue weighted by Crippen LogP contribution is 2.57. The molecule has 3 heteroatoms. The number of halogens is 1. The number of fused-ring (bicyclic) bond motifs is 6. The number of rotatable bonds is 6. The van der Waals surface area contributed by atoms with Crippen LogP contribution in [0.5, 0.6) is 0 Å². The first-order valence-corrected chi connectivity index (χ1v) is 22.9. The molecule has 12 rings (SSSR count). The zero-order valence-corrected chi connectivity index (χ0v) is 37.4. The molecule has 65 heavy (non-hydrogen) atoms. The summed E-state index contributed by atoms with van der Waals surface area (Å²) in [7, 11) is 0. The van der Waals surface area contributed by atoms with Gasteiger partial charge in [0.1, 0.15) is 0 Å². The normalized spacial score (nSPS) is 13.0. The van der Waals surface area contributed by atoms with Gasteiger partial charge >= 0.3 is 0 Å². The molecule has 2 aliphatic rings. The molecule has 2 aliphatic carbocycles. The molecule has 3 N–H and O–H groups in total. The average Bonchev–Trinajstić information content (AvgIpc) is 3.85. The maximum absolute atomic E-state index is 5.36. The first kappa shape index (κ1) is 41.3. The molecule has 2 nitrogen and oxygen atoms in total. The van der Waals surface area contributed by atoms with Gasteiger partial charge in [0.15, 0.2) is 0 Å². The third-order valence-electron chi connectivity index (χ3n) is 12.8. The molecule has 0 saturated carbocycles. The standard InChI is InChI=1S/C31H23N.C25H17Br.C6H7N.H2/c1-3-11-23(12-4-1)31(24-19-21-26(22-20-24)32-25-13-5-2-6-14-25)29-17-9-7-15-27(29)28-16-8-10-18-30(28)31;26-20-16-14-19(15-17-20)25(18-8-2-1-3-9-18)23-12-6-4-10-21(23)22-11-5-7-13-24(22)25;7-6-4-2-1-3-5-6;/h1-22,32H;1-17H;1-5H,7H2;1H/i;;;1+1. The van der Waals surface area contributed by atoms with Crippen LogP contribution in [-0.2, 0) is 10.8 Å². The Morgan fingerprint density at radius 1 is 0.292 bits per heavy atom. The van der Waals surface area contributed by atoms with E-state index < -0.39 is 0 Å². The average molecular weight is 903 g/mol. The van der Waals surface area contributed by atoms with E-state index >= 15 is 0 Å². The molecule has 314 valence electrons. The van der Waals surface area contributed by atoms with Gasteiger partial charge in [-0.2, -0.15) is 0 Å². The second-order valence-electron chi connectivity index (χ2n) is 16.4. The van der Waals surface area contributed by atoms with Gasteiger partial charge in [-0.1, -0.05) is 234 Å². The molecule has 0 amide bonds. The van der Waals surface area contributed by atoms with E-state index in [-0.39, 0.29) is 12.3 Å². The lowest BCUT2D eigenvalue weighted by Crippen LogP contribution is -2.28. The second kappa shape index (κ2) is 18.2. The van der Waals surface area contributed by atoms with E-state index in [1.165, 1.54) is 66.8 Å². The predicted molar refractivity (Wildman–Crippen MR) is 278 cm³/mol. The molecule has 0 aromatic heterocycles. The van der Waals surface area contributed by atoms with Crippen LogP contribution in [0.1, 0.15) is 45.9 Å². The zero-order chi connectivity index (χ0) is 44.1. The summed E-state index contributed by atoms with van der Waals surface area (Å²) in [6.07, 6.45) is 0. The first-order chi connectivity index (χ1) is 32.1.